The van der Waals surface area contributed by atoms with Gasteiger partial charge in [-0.25, -0.2) is 4.79 Å². The molecule has 136 valence electrons. The molecule has 1 unspecified atom stereocenters. The lowest BCUT2D eigenvalue weighted by Gasteiger charge is -2.47. The second kappa shape index (κ2) is 5.88. The van der Waals surface area contributed by atoms with Crippen LogP contribution in [-0.4, -0.2) is 57.1 Å². The van der Waals surface area contributed by atoms with E-state index in [4.69, 9.17) is 18.9 Å². The smallest absolute Gasteiger partial charge is 0.334 e. The Hall–Kier alpha value is -1.79. The van der Waals surface area contributed by atoms with Crippen LogP contribution in [0.4, 0.5) is 0 Å². The molecule has 0 aromatic heterocycles. The summed E-state index contributed by atoms with van der Waals surface area (Å²) in [6.07, 6.45) is 3.44. The number of nitrogens with zero attached hydrogens (tertiary/aromatic N) is 1. The maximum Gasteiger partial charge on any atom is 0.334 e. The third-order valence-electron chi connectivity index (χ3n) is 6.25. The summed E-state index contributed by atoms with van der Waals surface area (Å²) in [6, 6.07) is 6.50. The highest BCUT2D eigenvalue weighted by Crippen LogP contribution is 2.53. The van der Waals surface area contributed by atoms with Crippen molar-refractivity contribution in [2.75, 3.05) is 34.4 Å². The van der Waals surface area contributed by atoms with Gasteiger partial charge in [0.05, 0.1) is 14.2 Å². The minimum absolute atomic E-state index is 0.0257. The van der Waals surface area contributed by atoms with Gasteiger partial charge in [0.1, 0.15) is 6.61 Å². The van der Waals surface area contributed by atoms with Gasteiger partial charge < -0.3 is 23.8 Å². The second-order valence-electron chi connectivity index (χ2n) is 7.35. The number of likely N-dealkylation sites (tertiary alicyclic amines) is 1. The van der Waals surface area contributed by atoms with Gasteiger partial charge in [0.25, 0.3) is 0 Å². The largest absolute Gasteiger partial charge is 0.493 e. The Morgan fingerprint density at radius 2 is 1.96 bits per heavy atom. The summed E-state index contributed by atoms with van der Waals surface area (Å²) in [5.41, 5.74) is 1.29. The van der Waals surface area contributed by atoms with E-state index >= 15 is 0 Å². The summed E-state index contributed by atoms with van der Waals surface area (Å²) < 4.78 is 22.2. The van der Waals surface area contributed by atoms with Crippen molar-refractivity contribution in [2.45, 2.75) is 42.9 Å². The van der Waals surface area contributed by atoms with Gasteiger partial charge in [0.15, 0.2) is 11.5 Å². The fraction of sp³-hybridized carbons (Fsp3) is 0.632. The molecule has 1 aromatic carbocycles. The molecule has 25 heavy (non-hydrogen) atoms. The lowest BCUT2D eigenvalue weighted by Crippen LogP contribution is -2.53. The van der Waals surface area contributed by atoms with Crippen LogP contribution in [0.15, 0.2) is 18.2 Å². The number of hydrogen-bond donors (Lipinski definition) is 0. The average Bonchev–Trinajstić information content (AvgIpc) is 3.16. The van der Waals surface area contributed by atoms with Gasteiger partial charge in [-0.15, -0.1) is 0 Å². The molecule has 6 nitrogen and oxygen atoms in total. The first-order valence-electron chi connectivity index (χ1n) is 8.80. The number of carbonyl (C=O) groups excluding carboxylic acids is 1. The third kappa shape index (κ3) is 2.50. The lowest BCUT2D eigenvalue weighted by atomic mass is 9.64. The minimum Gasteiger partial charge on any atom is -0.493 e. The molecule has 2 saturated heterocycles. The summed E-state index contributed by atoms with van der Waals surface area (Å²) in [5.74, 6) is 0.511. The number of rotatable bonds is 3. The number of hydrogen-bond acceptors (Lipinski definition) is 6. The molecule has 2 heterocycles. The van der Waals surface area contributed by atoms with Crippen molar-refractivity contribution in [3.63, 3.8) is 0 Å². The van der Waals surface area contributed by atoms with E-state index < -0.39 is 5.79 Å². The Morgan fingerprint density at radius 3 is 2.64 bits per heavy atom. The van der Waals surface area contributed by atoms with Crippen LogP contribution in [0.25, 0.3) is 0 Å². The first-order chi connectivity index (χ1) is 12.0. The fourth-order valence-electron chi connectivity index (χ4n) is 4.88. The van der Waals surface area contributed by atoms with E-state index in [2.05, 4.69) is 24.1 Å². The topological polar surface area (TPSA) is 57.2 Å². The molecular weight excluding hydrogens is 322 g/mol. The molecule has 1 spiro atoms. The highest BCUT2D eigenvalue weighted by atomic mass is 16.8. The molecule has 0 radical (unpaired) electrons. The summed E-state index contributed by atoms with van der Waals surface area (Å²) in [4.78, 5) is 14.0. The van der Waals surface area contributed by atoms with Gasteiger partial charge >= 0.3 is 5.97 Å². The van der Waals surface area contributed by atoms with Gasteiger partial charge in [-0.05, 0) is 44.1 Å². The van der Waals surface area contributed by atoms with E-state index in [0.717, 1.165) is 37.3 Å². The summed E-state index contributed by atoms with van der Waals surface area (Å²) in [6.45, 7) is 1.09. The normalized spacial score (nSPS) is 34.8. The Balaban J connectivity index is 1.70. The number of methoxy groups -OCH3 is 2. The van der Waals surface area contributed by atoms with Crippen LogP contribution >= 0.6 is 0 Å². The third-order valence-corrected chi connectivity index (χ3v) is 6.25. The standard InChI is InChI=1S/C19H25NO5/c1-20-9-8-18(13-4-5-14(22-2)15(10-13)23-3)6-7-19(11-16(18)20)24-12-17(21)25-19/h4-5,10,16H,6-9,11-12H2,1-3H3/t16-,18-,19?/m0/s1. The molecule has 0 amide bonds. The molecular formula is C19H25NO5. The van der Waals surface area contributed by atoms with Crippen LogP contribution in [0, 0.1) is 0 Å². The molecule has 4 rings (SSSR count). The van der Waals surface area contributed by atoms with Crippen molar-refractivity contribution < 1.29 is 23.7 Å². The van der Waals surface area contributed by atoms with Crippen molar-refractivity contribution >= 4 is 5.97 Å². The van der Waals surface area contributed by atoms with Gasteiger partial charge in [-0.3, -0.25) is 0 Å². The molecule has 3 fully saturated rings. The van der Waals surface area contributed by atoms with Crippen LogP contribution in [0.5, 0.6) is 11.5 Å². The molecule has 0 bridgehead atoms. The second-order valence-corrected chi connectivity index (χ2v) is 7.35. The van der Waals surface area contributed by atoms with E-state index in [0.29, 0.717) is 6.42 Å². The molecule has 1 aromatic rings. The number of likely N-dealkylation sites (N-methyl/N-ethyl adjacent to an activating group) is 1. The Kier molecular flexibility index (Phi) is 3.92. The van der Waals surface area contributed by atoms with E-state index in [1.54, 1.807) is 14.2 Å². The summed E-state index contributed by atoms with van der Waals surface area (Å²) >= 11 is 0. The predicted molar refractivity (Wildman–Crippen MR) is 90.9 cm³/mol. The van der Waals surface area contributed by atoms with Crippen molar-refractivity contribution in [3.8, 4) is 11.5 Å². The van der Waals surface area contributed by atoms with Gasteiger partial charge in [0.2, 0.25) is 5.79 Å². The molecule has 0 N–H and O–H groups in total. The van der Waals surface area contributed by atoms with E-state index in [-0.39, 0.29) is 24.0 Å². The average molecular weight is 347 g/mol. The molecule has 1 saturated carbocycles. The van der Waals surface area contributed by atoms with Crippen molar-refractivity contribution in [3.05, 3.63) is 23.8 Å². The zero-order valence-corrected chi connectivity index (χ0v) is 15.0. The lowest BCUT2D eigenvalue weighted by molar-refractivity contribution is -0.198. The molecule has 3 aliphatic rings. The van der Waals surface area contributed by atoms with Crippen LogP contribution in [0.1, 0.15) is 31.2 Å². The first-order valence-corrected chi connectivity index (χ1v) is 8.80. The Labute approximate surface area is 148 Å². The van der Waals surface area contributed by atoms with Gasteiger partial charge in [0, 0.05) is 24.3 Å². The Bertz CT molecular complexity index is 692. The van der Waals surface area contributed by atoms with Crippen molar-refractivity contribution in [2.24, 2.45) is 0 Å². The number of esters is 1. The molecule has 6 heteroatoms. The van der Waals surface area contributed by atoms with Crippen LogP contribution in [0.2, 0.25) is 0 Å². The van der Waals surface area contributed by atoms with E-state index in [1.165, 1.54) is 5.56 Å². The maximum atomic E-state index is 11.6. The van der Waals surface area contributed by atoms with E-state index in [1.807, 2.05) is 6.07 Å². The fourth-order valence-corrected chi connectivity index (χ4v) is 4.88. The van der Waals surface area contributed by atoms with E-state index in [9.17, 15) is 4.79 Å². The zero-order valence-electron chi connectivity index (χ0n) is 15.0. The summed E-state index contributed by atoms with van der Waals surface area (Å²) in [5, 5.41) is 0. The number of fused-ring (bicyclic) bond motifs is 1. The Morgan fingerprint density at radius 1 is 1.16 bits per heavy atom. The van der Waals surface area contributed by atoms with Gasteiger partial charge in [-0.2, -0.15) is 0 Å². The number of benzene rings is 1. The zero-order chi connectivity index (χ0) is 17.7. The van der Waals surface area contributed by atoms with Crippen LogP contribution < -0.4 is 9.47 Å². The monoisotopic (exact) mass is 347 g/mol. The minimum atomic E-state index is -0.736. The quantitative estimate of drug-likeness (QED) is 0.781. The first kappa shape index (κ1) is 16.7. The van der Waals surface area contributed by atoms with Crippen LogP contribution in [0.3, 0.4) is 0 Å². The molecule has 3 atom stereocenters. The SMILES string of the molecule is COc1ccc([C@]23CCN(C)[C@H]2CC2(CC3)OCC(=O)O2)cc1OC. The molecule has 1 aliphatic carbocycles. The van der Waals surface area contributed by atoms with Crippen molar-refractivity contribution in [1.29, 1.82) is 0 Å². The van der Waals surface area contributed by atoms with Gasteiger partial charge in [-0.1, -0.05) is 6.07 Å². The maximum absolute atomic E-state index is 11.6. The van der Waals surface area contributed by atoms with Crippen molar-refractivity contribution in [1.82, 2.24) is 4.90 Å². The highest BCUT2D eigenvalue weighted by Gasteiger charge is 2.58. The number of carbonyl (C=O) groups is 1. The molecule has 2 aliphatic heterocycles. The number of ether oxygens (including phenoxy) is 4. The summed E-state index contributed by atoms with van der Waals surface area (Å²) in [7, 11) is 5.46. The highest BCUT2D eigenvalue weighted by molar-refractivity contribution is 5.72. The predicted octanol–water partition coefficient (Wildman–Crippen LogP) is 2.10. The van der Waals surface area contributed by atoms with Crippen LogP contribution in [-0.2, 0) is 19.7 Å².